The summed E-state index contributed by atoms with van der Waals surface area (Å²) in [6, 6.07) is -1.67. The van der Waals surface area contributed by atoms with Crippen LogP contribution < -0.4 is 37.1 Å². The number of hydrogen-bond acceptors (Lipinski definition) is 15. The lowest BCUT2D eigenvalue weighted by Crippen LogP contribution is -2.54. The molecule has 1 fully saturated rings. The summed E-state index contributed by atoms with van der Waals surface area (Å²) in [4.78, 5) is 92.4. The van der Waals surface area contributed by atoms with Crippen molar-refractivity contribution in [2.75, 3.05) is 71.6 Å². The van der Waals surface area contributed by atoms with Crippen LogP contribution in [0.3, 0.4) is 0 Å². The summed E-state index contributed by atoms with van der Waals surface area (Å²) in [5, 5.41) is 22.4. The molecule has 1 unspecified atom stereocenters. The zero-order valence-electron chi connectivity index (χ0n) is 42.0. The number of unbranched alkanes of at least 4 members (excludes halogenated alkanes) is 1. The molecule has 1 aliphatic carbocycles. The number of nitrogens with two attached hydrogens (primary N) is 1. The number of rotatable bonds is 33. The van der Waals surface area contributed by atoms with E-state index in [0.29, 0.717) is 62.0 Å². The molecule has 2 aliphatic rings. The second kappa shape index (κ2) is 30.1. The van der Waals surface area contributed by atoms with Crippen LogP contribution in [0.4, 0.5) is 5.82 Å². The highest BCUT2D eigenvalue weighted by Gasteiger charge is 2.30. The standard InChI is InChI=1S/C48H77N11O11/c1-7-8-10-36-54-43-44(48(70-32(4)5)57-56-45(43)49)59(36)30-35-15-13-34(14-16-35)29-52-46(65)33(6)53-47(66)42(31(2)3)55-39(62)12-9-11-37(60)50-20-23-67-25-27-69-28-26-68-24-21-51-38(61)19-22-58-40(63)17-18-41(58)64/h17-18,31-35,42H,7-16,19-30H2,1-6H3,(H2,49,56)(H,50,60)(H,51,61)(H,52,65)(H,53,66)(H,55,62)/t33-,34?,35?,42?/m0/s1. The molecule has 2 aromatic heterocycles. The third kappa shape index (κ3) is 19.2. The summed E-state index contributed by atoms with van der Waals surface area (Å²) in [5.41, 5.74) is 7.66. The van der Waals surface area contributed by atoms with E-state index in [-0.39, 0.29) is 94.2 Å². The van der Waals surface area contributed by atoms with Gasteiger partial charge in [0.05, 0.1) is 45.7 Å². The Hall–Kier alpha value is -5.74. The molecule has 0 spiro atoms. The lowest BCUT2D eigenvalue weighted by atomic mass is 9.82. The minimum Gasteiger partial charge on any atom is -0.472 e. The maximum Gasteiger partial charge on any atom is 0.260 e. The Morgan fingerprint density at radius 2 is 1.31 bits per heavy atom. The number of fused-ring (bicyclic) bond motifs is 1. The van der Waals surface area contributed by atoms with Gasteiger partial charge in [0.1, 0.15) is 28.9 Å². The molecule has 0 aromatic carbocycles. The van der Waals surface area contributed by atoms with Crippen molar-refractivity contribution in [3.63, 3.8) is 0 Å². The van der Waals surface area contributed by atoms with E-state index in [1.54, 1.807) is 6.92 Å². The normalized spacial score (nSPS) is 16.7. The largest absolute Gasteiger partial charge is 0.472 e. The van der Waals surface area contributed by atoms with Crippen molar-refractivity contribution in [1.29, 1.82) is 0 Å². The number of nitrogens with one attached hydrogen (secondary N) is 5. The van der Waals surface area contributed by atoms with Crippen LogP contribution in [-0.4, -0.2) is 150 Å². The molecule has 7 amide bonds. The molecular formula is C48H77N11O11. The first-order valence-corrected chi connectivity index (χ1v) is 24.9. The van der Waals surface area contributed by atoms with Crippen molar-refractivity contribution in [1.82, 2.24) is 51.2 Å². The number of anilines is 1. The van der Waals surface area contributed by atoms with E-state index < -0.39 is 29.8 Å². The second-order valence-electron chi connectivity index (χ2n) is 18.4. The molecular weight excluding hydrogens is 907 g/mol. The summed E-state index contributed by atoms with van der Waals surface area (Å²) < 4.78 is 24.6. The van der Waals surface area contributed by atoms with Gasteiger partial charge < -0.3 is 55.8 Å². The van der Waals surface area contributed by atoms with Gasteiger partial charge in [-0.05, 0) is 77.0 Å². The molecule has 4 rings (SSSR count). The quantitative estimate of drug-likeness (QED) is 0.0440. The molecule has 0 saturated heterocycles. The Morgan fingerprint density at radius 3 is 1.91 bits per heavy atom. The summed E-state index contributed by atoms with van der Waals surface area (Å²) >= 11 is 0. The molecule has 2 atom stereocenters. The van der Waals surface area contributed by atoms with Crippen LogP contribution in [-0.2, 0) is 60.7 Å². The van der Waals surface area contributed by atoms with Crippen LogP contribution >= 0.6 is 0 Å². The topological polar surface area (TPSA) is 289 Å². The number of carbonyl (C=O) groups excluding carboxylic acids is 7. The molecule has 0 radical (unpaired) electrons. The van der Waals surface area contributed by atoms with Crippen LogP contribution in [0.25, 0.3) is 11.0 Å². The maximum absolute atomic E-state index is 13.3. The number of imidazole rings is 1. The van der Waals surface area contributed by atoms with Crippen LogP contribution in [0, 0.1) is 17.8 Å². The monoisotopic (exact) mass is 984 g/mol. The number of ether oxygens (including phenoxy) is 4. The number of nitrogens with zero attached hydrogens (tertiary/aromatic N) is 5. The van der Waals surface area contributed by atoms with E-state index >= 15 is 0 Å². The number of aromatic nitrogens is 4. The summed E-state index contributed by atoms with van der Waals surface area (Å²) in [6.07, 6.45) is 9.44. The van der Waals surface area contributed by atoms with E-state index in [2.05, 4.69) is 48.3 Å². The number of carbonyl (C=O) groups is 7. The fourth-order valence-corrected chi connectivity index (χ4v) is 8.06. The SMILES string of the molecule is CCCCc1nc2c(N)nnc(OC(C)C)c2n1CC1CCC(CNC(=O)[C@H](C)NC(=O)C(NC(=O)CCCC(=O)NCCOCCOCCOCCNC(=O)CCN2C(=O)C=CC2=O)C(C)C)CC1. The molecule has 22 nitrogen and oxygen atoms in total. The van der Waals surface area contributed by atoms with Crippen molar-refractivity contribution in [3.05, 3.63) is 18.0 Å². The summed E-state index contributed by atoms with van der Waals surface area (Å²) in [7, 11) is 0. The van der Waals surface area contributed by atoms with Crippen LogP contribution in [0.2, 0.25) is 0 Å². The van der Waals surface area contributed by atoms with Crippen LogP contribution in [0.15, 0.2) is 12.2 Å². The van der Waals surface area contributed by atoms with Crippen molar-refractivity contribution in [2.24, 2.45) is 17.8 Å². The van der Waals surface area contributed by atoms with E-state index in [0.717, 1.165) is 67.7 Å². The number of hydrogen-bond donors (Lipinski definition) is 6. The zero-order valence-corrected chi connectivity index (χ0v) is 42.0. The predicted octanol–water partition coefficient (Wildman–Crippen LogP) is 1.87. The Bertz CT molecular complexity index is 2050. The van der Waals surface area contributed by atoms with Crippen LogP contribution in [0.1, 0.15) is 112 Å². The molecule has 1 aliphatic heterocycles. The number of amides is 7. The molecule has 7 N–H and O–H groups in total. The Labute approximate surface area is 411 Å². The Balaban J connectivity index is 1.02. The number of nitrogen functional groups attached to an aromatic ring is 1. The average molecular weight is 984 g/mol. The van der Waals surface area contributed by atoms with E-state index in [1.807, 2.05) is 27.7 Å². The lowest BCUT2D eigenvalue weighted by Gasteiger charge is -2.30. The first-order chi connectivity index (χ1) is 33.6. The summed E-state index contributed by atoms with van der Waals surface area (Å²) in [6.45, 7) is 15.0. The third-order valence-electron chi connectivity index (χ3n) is 12.0. The van der Waals surface area contributed by atoms with E-state index in [9.17, 15) is 33.6 Å². The van der Waals surface area contributed by atoms with Gasteiger partial charge in [-0.2, -0.15) is 0 Å². The van der Waals surface area contributed by atoms with Gasteiger partial charge in [-0.1, -0.05) is 27.2 Å². The Kier molecular flexibility index (Phi) is 24.4. The third-order valence-corrected chi connectivity index (χ3v) is 12.0. The molecule has 2 aromatic rings. The molecule has 390 valence electrons. The minimum atomic E-state index is -0.856. The molecule has 70 heavy (non-hydrogen) atoms. The zero-order chi connectivity index (χ0) is 51.0. The fourth-order valence-electron chi connectivity index (χ4n) is 8.06. The first kappa shape index (κ1) is 56.8. The Morgan fingerprint density at radius 1 is 0.729 bits per heavy atom. The van der Waals surface area contributed by atoms with E-state index in [1.165, 1.54) is 12.2 Å². The first-order valence-electron chi connectivity index (χ1n) is 24.9. The number of aryl methyl sites for hydroxylation is 1. The smallest absolute Gasteiger partial charge is 0.260 e. The van der Waals surface area contributed by atoms with Gasteiger partial charge in [-0.25, -0.2) is 4.98 Å². The highest BCUT2D eigenvalue weighted by molar-refractivity contribution is 6.13. The molecule has 0 bridgehead atoms. The number of imide groups is 1. The summed E-state index contributed by atoms with van der Waals surface area (Å²) in [5.74, 6) is -0.317. The van der Waals surface area contributed by atoms with Crippen molar-refractivity contribution in [2.45, 2.75) is 137 Å². The van der Waals surface area contributed by atoms with Gasteiger partial charge in [0.15, 0.2) is 5.82 Å². The van der Waals surface area contributed by atoms with Gasteiger partial charge in [-0.15, -0.1) is 10.2 Å². The van der Waals surface area contributed by atoms with Gasteiger partial charge in [-0.3, -0.25) is 38.5 Å². The van der Waals surface area contributed by atoms with Gasteiger partial charge in [0, 0.05) is 70.6 Å². The lowest BCUT2D eigenvalue weighted by molar-refractivity contribution is -0.137. The average Bonchev–Trinajstić information content (AvgIpc) is 3.85. The fraction of sp³-hybridized carbons (Fsp3) is 0.708. The predicted molar refractivity (Wildman–Crippen MR) is 260 cm³/mol. The van der Waals surface area contributed by atoms with Crippen molar-refractivity contribution < 1.29 is 52.5 Å². The minimum absolute atomic E-state index is 0.0159. The van der Waals surface area contributed by atoms with Crippen LogP contribution in [0.5, 0.6) is 5.88 Å². The molecule has 1 saturated carbocycles. The van der Waals surface area contributed by atoms with Gasteiger partial charge >= 0.3 is 0 Å². The molecule has 3 heterocycles. The highest BCUT2D eigenvalue weighted by atomic mass is 16.5. The van der Waals surface area contributed by atoms with Crippen molar-refractivity contribution >= 4 is 58.2 Å². The van der Waals surface area contributed by atoms with Crippen molar-refractivity contribution in [3.8, 4) is 5.88 Å². The van der Waals surface area contributed by atoms with Gasteiger partial charge in [0.2, 0.25) is 29.5 Å². The van der Waals surface area contributed by atoms with E-state index in [4.69, 9.17) is 29.7 Å². The second-order valence-corrected chi connectivity index (χ2v) is 18.4. The highest BCUT2D eigenvalue weighted by Crippen LogP contribution is 2.34. The maximum atomic E-state index is 13.3. The van der Waals surface area contributed by atoms with Gasteiger partial charge in [0.25, 0.3) is 17.7 Å². The molecule has 22 heteroatoms.